The van der Waals surface area contributed by atoms with Gasteiger partial charge in [0.1, 0.15) is 0 Å². The van der Waals surface area contributed by atoms with Gasteiger partial charge in [-0.2, -0.15) is 5.10 Å². The first kappa shape index (κ1) is 7.61. The zero-order valence-corrected chi connectivity index (χ0v) is 6.89. The molecule has 1 aromatic rings. The van der Waals surface area contributed by atoms with Crippen molar-refractivity contribution in [1.82, 2.24) is 10.2 Å². The maximum atomic E-state index is 6.02. The summed E-state index contributed by atoms with van der Waals surface area (Å²) in [5, 5.41) is 6.63. The largest absolute Gasteiger partial charge is 0.285 e. The molecule has 0 saturated heterocycles. The van der Waals surface area contributed by atoms with Gasteiger partial charge in [0.15, 0.2) is 0 Å². The average Bonchev–Trinajstić information content (AvgIpc) is 2.36. The van der Waals surface area contributed by atoms with Crippen LogP contribution in [0.25, 0.3) is 0 Å². The van der Waals surface area contributed by atoms with Gasteiger partial charge in [-0.25, -0.2) is 0 Å². The van der Waals surface area contributed by atoms with Crippen LogP contribution >= 0.6 is 11.6 Å². The van der Waals surface area contributed by atoms with Gasteiger partial charge < -0.3 is 0 Å². The van der Waals surface area contributed by atoms with E-state index in [0.29, 0.717) is 5.92 Å². The Labute approximate surface area is 65.6 Å². The Morgan fingerprint density at radius 3 is 2.70 bits per heavy atom. The molecule has 1 atom stereocenters. The summed E-state index contributed by atoms with van der Waals surface area (Å²) in [4.78, 5) is 0. The second kappa shape index (κ2) is 3.06. The first-order valence-corrected chi connectivity index (χ1v) is 3.78. The number of hydrogen-bond donors (Lipinski definition) is 1. The summed E-state index contributed by atoms with van der Waals surface area (Å²) < 4.78 is 0. The third kappa shape index (κ3) is 1.51. The van der Waals surface area contributed by atoms with Crippen molar-refractivity contribution in [3.63, 3.8) is 0 Å². The summed E-state index contributed by atoms with van der Waals surface area (Å²) in [7, 11) is 0. The highest BCUT2D eigenvalue weighted by Gasteiger charge is 2.12. The van der Waals surface area contributed by atoms with Crippen molar-refractivity contribution < 1.29 is 0 Å². The van der Waals surface area contributed by atoms with Crippen LogP contribution in [0.1, 0.15) is 24.8 Å². The van der Waals surface area contributed by atoms with E-state index >= 15 is 0 Å². The number of hydrogen-bond acceptors (Lipinski definition) is 1. The van der Waals surface area contributed by atoms with Crippen molar-refractivity contribution in [3.05, 3.63) is 18.0 Å². The molecule has 1 heterocycles. The van der Waals surface area contributed by atoms with E-state index < -0.39 is 0 Å². The first-order chi connectivity index (χ1) is 4.72. The van der Waals surface area contributed by atoms with Gasteiger partial charge in [-0.1, -0.05) is 13.8 Å². The molecule has 0 saturated carbocycles. The predicted molar refractivity (Wildman–Crippen MR) is 42.0 cm³/mol. The van der Waals surface area contributed by atoms with Crippen LogP contribution in [0.2, 0.25) is 0 Å². The highest BCUT2D eigenvalue weighted by atomic mass is 35.5. The van der Waals surface area contributed by atoms with Gasteiger partial charge in [-0.05, 0) is 5.92 Å². The molecular formula is C7H11ClN2. The van der Waals surface area contributed by atoms with Crippen LogP contribution in [0.4, 0.5) is 0 Å². The Balaban J connectivity index is 2.68. The summed E-state index contributed by atoms with van der Waals surface area (Å²) in [5.74, 6) is 0.458. The molecule has 56 valence electrons. The molecule has 2 nitrogen and oxygen atoms in total. The molecule has 1 N–H and O–H groups in total. The standard InChI is InChI=1S/C7H11ClN2/c1-5(2)7(8)6-3-9-10-4-6/h3-5,7H,1-2H3,(H,9,10). The van der Waals surface area contributed by atoms with Crippen LogP contribution in [0, 0.1) is 5.92 Å². The van der Waals surface area contributed by atoms with E-state index in [1.807, 2.05) is 6.20 Å². The van der Waals surface area contributed by atoms with Gasteiger partial charge in [0.05, 0.1) is 11.6 Å². The van der Waals surface area contributed by atoms with E-state index in [1.165, 1.54) is 0 Å². The Morgan fingerprint density at radius 1 is 1.60 bits per heavy atom. The Kier molecular flexibility index (Phi) is 2.33. The fourth-order valence-electron chi connectivity index (χ4n) is 0.797. The lowest BCUT2D eigenvalue weighted by molar-refractivity contribution is 0.624. The summed E-state index contributed by atoms with van der Waals surface area (Å²) in [5.41, 5.74) is 1.07. The minimum Gasteiger partial charge on any atom is -0.285 e. The van der Waals surface area contributed by atoms with Gasteiger partial charge in [0.2, 0.25) is 0 Å². The van der Waals surface area contributed by atoms with Crippen molar-refractivity contribution >= 4 is 11.6 Å². The number of rotatable bonds is 2. The molecule has 0 radical (unpaired) electrons. The second-order valence-corrected chi connectivity index (χ2v) is 3.15. The second-order valence-electron chi connectivity index (χ2n) is 2.68. The quantitative estimate of drug-likeness (QED) is 0.658. The predicted octanol–water partition coefficient (Wildman–Crippen LogP) is 2.35. The molecule has 0 aromatic carbocycles. The van der Waals surface area contributed by atoms with E-state index in [0.717, 1.165) is 5.56 Å². The first-order valence-electron chi connectivity index (χ1n) is 3.34. The van der Waals surface area contributed by atoms with Gasteiger partial charge in [-0.3, -0.25) is 5.10 Å². The van der Waals surface area contributed by atoms with Crippen molar-refractivity contribution in [2.24, 2.45) is 5.92 Å². The summed E-state index contributed by atoms with van der Waals surface area (Å²) in [6.07, 6.45) is 3.59. The third-order valence-corrected chi connectivity index (χ3v) is 2.18. The molecular weight excluding hydrogens is 148 g/mol. The lowest BCUT2D eigenvalue weighted by Crippen LogP contribution is -1.96. The molecule has 0 amide bonds. The normalized spacial score (nSPS) is 14.0. The van der Waals surface area contributed by atoms with E-state index in [-0.39, 0.29) is 5.38 Å². The van der Waals surface area contributed by atoms with E-state index in [4.69, 9.17) is 11.6 Å². The maximum Gasteiger partial charge on any atom is 0.0638 e. The smallest absolute Gasteiger partial charge is 0.0638 e. The fourth-order valence-corrected chi connectivity index (χ4v) is 0.916. The Hall–Kier alpha value is -0.500. The number of aromatic nitrogens is 2. The van der Waals surface area contributed by atoms with Crippen molar-refractivity contribution in [2.45, 2.75) is 19.2 Å². The highest BCUT2D eigenvalue weighted by molar-refractivity contribution is 6.20. The molecule has 0 aliphatic carbocycles. The van der Waals surface area contributed by atoms with Crippen LogP contribution in [-0.2, 0) is 0 Å². The molecule has 0 fully saturated rings. The molecule has 1 rings (SSSR count). The summed E-state index contributed by atoms with van der Waals surface area (Å²) >= 11 is 6.02. The molecule has 3 heteroatoms. The number of nitrogens with zero attached hydrogens (tertiary/aromatic N) is 1. The van der Waals surface area contributed by atoms with Crippen LogP contribution in [0.3, 0.4) is 0 Å². The lowest BCUT2D eigenvalue weighted by atomic mass is 10.1. The number of H-pyrrole nitrogens is 1. The van der Waals surface area contributed by atoms with Gasteiger partial charge in [0, 0.05) is 11.8 Å². The minimum absolute atomic E-state index is 0.0822. The Morgan fingerprint density at radius 2 is 2.30 bits per heavy atom. The molecule has 0 aliphatic heterocycles. The number of aromatic amines is 1. The minimum atomic E-state index is 0.0822. The van der Waals surface area contributed by atoms with E-state index in [2.05, 4.69) is 24.0 Å². The zero-order chi connectivity index (χ0) is 7.56. The van der Waals surface area contributed by atoms with Gasteiger partial charge >= 0.3 is 0 Å². The molecule has 0 bridgehead atoms. The molecule has 1 aromatic heterocycles. The third-order valence-electron chi connectivity index (χ3n) is 1.42. The Bertz CT molecular complexity index is 181. The SMILES string of the molecule is CC(C)C(Cl)c1cn[nH]c1. The summed E-state index contributed by atoms with van der Waals surface area (Å²) in [6.45, 7) is 4.18. The lowest BCUT2D eigenvalue weighted by Gasteiger charge is -2.09. The number of nitrogens with one attached hydrogen (secondary N) is 1. The van der Waals surface area contributed by atoms with Crippen LogP contribution in [-0.4, -0.2) is 10.2 Å². The molecule has 10 heavy (non-hydrogen) atoms. The highest BCUT2D eigenvalue weighted by Crippen LogP contribution is 2.26. The maximum absolute atomic E-state index is 6.02. The molecule has 0 spiro atoms. The number of halogens is 1. The molecule has 1 unspecified atom stereocenters. The van der Waals surface area contributed by atoms with Crippen molar-refractivity contribution in [2.75, 3.05) is 0 Å². The average molecular weight is 159 g/mol. The van der Waals surface area contributed by atoms with Crippen molar-refractivity contribution in [3.8, 4) is 0 Å². The topological polar surface area (TPSA) is 28.7 Å². The fraction of sp³-hybridized carbons (Fsp3) is 0.571. The van der Waals surface area contributed by atoms with Crippen molar-refractivity contribution in [1.29, 1.82) is 0 Å². The van der Waals surface area contributed by atoms with Crippen LogP contribution in [0.5, 0.6) is 0 Å². The number of alkyl halides is 1. The zero-order valence-electron chi connectivity index (χ0n) is 6.13. The van der Waals surface area contributed by atoms with Crippen LogP contribution in [0.15, 0.2) is 12.4 Å². The van der Waals surface area contributed by atoms with E-state index in [9.17, 15) is 0 Å². The monoisotopic (exact) mass is 158 g/mol. The van der Waals surface area contributed by atoms with E-state index in [1.54, 1.807) is 6.20 Å². The van der Waals surface area contributed by atoms with Gasteiger partial charge in [0.25, 0.3) is 0 Å². The van der Waals surface area contributed by atoms with Gasteiger partial charge in [-0.15, -0.1) is 11.6 Å². The van der Waals surface area contributed by atoms with Crippen LogP contribution < -0.4 is 0 Å². The summed E-state index contributed by atoms with van der Waals surface area (Å²) in [6, 6.07) is 0. The molecule has 0 aliphatic rings.